The lowest BCUT2D eigenvalue weighted by Crippen LogP contribution is -2.14. The van der Waals surface area contributed by atoms with Gasteiger partial charge in [-0.2, -0.15) is 5.26 Å². The average Bonchev–Trinajstić information content (AvgIpc) is 2.78. The van der Waals surface area contributed by atoms with Crippen LogP contribution in [0.15, 0.2) is 24.3 Å². The molecule has 0 aliphatic heterocycles. The van der Waals surface area contributed by atoms with E-state index in [0.717, 1.165) is 55.4 Å². The van der Waals surface area contributed by atoms with Crippen LogP contribution in [0.5, 0.6) is 0 Å². The highest BCUT2D eigenvalue weighted by Crippen LogP contribution is 2.38. The van der Waals surface area contributed by atoms with Crippen LogP contribution in [-0.2, 0) is 0 Å². The summed E-state index contributed by atoms with van der Waals surface area (Å²) < 4.78 is 27.8. The Morgan fingerprint density at radius 2 is 1.52 bits per heavy atom. The molecule has 0 heterocycles. The summed E-state index contributed by atoms with van der Waals surface area (Å²) in [6.45, 7) is 2.28. The number of hydrogen-bond acceptors (Lipinski definition) is 1. The van der Waals surface area contributed by atoms with Crippen molar-refractivity contribution in [1.82, 2.24) is 0 Å². The van der Waals surface area contributed by atoms with E-state index in [2.05, 4.69) is 19.1 Å². The van der Waals surface area contributed by atoms with Crippen LogP contribution in [0.3, 0.4) is 0 Å². The fourth-order valence-corrected chi connectivity index (χ4v) is 5.69. The molecule has 2 saturated carbocycles. The molecule has 31 heavy (non-hydrogen) atoms. The van der Waals surface area contributed by atoms with Crippen molar-refractivity contribution in [3.63, 3.8) is 0 Å². The molecular weight excluding hydrogens is 388 g/mol. The molecule has 2 aliphatic carbocycles. The molecule has 0 bridgehead atoms. The first-order valence-electron chi connectivity index (χ1n) is 12.7. The lowest BCUT2D eigenvalue weighted by Gasteiger charge is -2.29. The summed E-state index contributed by atoms with van der Waals surface area (Å²) in [6.07, 6.45) is 22.7. The van der Waals surface area contributed by atoms with E-state index in [9.17, 15) is 8.78 Å². The van der Waals surface area contributed by atoms with Crippen LogP contribution in [0.2, 0.25) is 0 Å². The summed E-state index contributed by atoms with van der Waals surface area (Å²) in [5.74, 6) is 1.27. The monoisotopic (exact) mass is 427 g/mol. The normalized spacial score (nSPS) is 26.8. The Bertz CT molecular complexity index is 724. The zero-order chi connectivity index (χ0) is 22.1. The Kier molecular flexibility index (Phi) is 9.56. The molecule has 0 amide bonds. The van der Waals surface area contributed by atoms with Crippen LogP contribution in [-0.4, -0.2) is 0 Å². The standard InChI is InChI=1S/C28H39F2N/c1-2-3-4-7-21-10-12-22(13-11-21)8-5-6-9-23-14-16-24(17-15-23)25-18-27(29)26(20-31)28(30)19-25/h5,8,18-19,21-24H,2-4,6-7,9-17H2,1H3/b8-5+. The van der Waals surface area contributed by atoms with Gasteiger partial charge >= 0.3 is 0 Å². The van der Waals surface area contributed by atoms with Gasteiger partial charge < -0.3 is 0 Å². The molecule has 170 valence electrons. The van der Waals surface area contributed by atoms with Crippen molar-refractivity contribution >= 4 is 0 Å². The Labute approximate surface area is 187 Å². The zero-order valence-corrected chi connectivity index (χ0v) is 19.2. The molecule has 2 aliphatic rings. The van der Waals surface area contributed by atoms with Crippen molar-refractivity contribution in [2.24, 2.45) is 17.8 Å². The van der Waals surface area contributed by atoms with Gasteiger partial charge in [0, 0.05) is 0 Å². The first kappa shape index (κ1) is 24.0. The third kappa shape index (κ3) is 7.16. The minimum atomic E-state index is -0.722. The van der Waals surface area contributed by atoms with Gasteiger partial charge in [-0.3, -0.25) is 0 Å². The first-order valence-corrected chi connectivity index (χ1v) is 12.7. The van der Waals surface area contributed by atoms with Gasteiger partial charge in [-0.25, -0.2) is 8.78 Å². The molecule has 0 radical (unpaired) electrons. The molecule has 1 aromatic rings. The molecule has 0 aromatic heterocycles. The van der Waals surface area contributed by atoms with Gasteiger partial charge in [0.2, 0.25) is 0 Å². The largest absolute Gasteiger partial charge is 0.205 e. The number of unbranched alkanes of at least 4 members (excludes halogenated alkanes) is 2. The van der Waals surface area contributed by atoms with E-state index in [1.165, 1.54) is 69.9 Å². The second kappa shape index (κ2) is 12.4. The molecule has 3 heteroatoms. The van der Waals surface area contributed by atoms with Crippen molar-refractivity contribution in [1.29, 1.82) is 5.26 Å². The van der Waals surface area contributed by atoms with Crippen LogP contribution >= 0.6 is 0 Å². The van der Waals surface area contributed by atoms with E-state index >= 15 is 0 Å². The Morgan fingerprint density at radius 1 is 0.903 bits per heavy atom. The van der Waals surface area contributed by atoms with Crippen LogP contribution in [0.4, 0.5) is 8.78 Å². The molecule has 1 aromatic carbocycles. The SMILES string of the molecule is CCCCCC1CCC(/C=C/CCC2CCC(c3cc(F)c(C#N)c(F)c3)CC2)CC1. The van der Waals surface area contributed by atoms with Gasteiger partial charge in [0.15, 0.2) is 0 Å². The van der Waals surface area contributed by atoms with E-state index in [-0.39, 0.29) is 5.92 Å². The van der Waals surface area contributed by atoms with Crippen LogP contribution in [0.25, 0.3) is 0 Å². The number of benzene rings is 1. The Hall–Kier alpha value is -1.69. The molecule has 0 spiro atoms. The molecule has 0 atom stereocenters. The van der Waals surface area contributed by atoms with Crippen molar-refractivity contribution in [2.75, 3.05) is 0 Å². The third-order valence-electron chi connectivity index (χ3n) is 7.75. The smallest absolute Gasteiger partial charge is 0.144 e. The summed E-state index contributed by atoms with van der Waals surface area (Å²) >= 11 is 0. The Morgan fingerprint density at radius 3 is 2.13 bits per heavy atom. The van der Waals surface area contributed by atoms with E-state index in [0.29, 0.717) is 0 Å². The molecule has 3 rings (SSSR count). The summed E-state index contributed by atoms with van der Waals surface area (Å²) in [7, 11) is 0. The fourth-order valence-electron chi connectivity index (χ4n) is 5.69. The highest BCUT2D eigenvalue weighted by molar-refractivity contribution is 5.36. The minimum absolute atomic E-state index is 0.219. The number of nitriles is 1. The minimum Gasteiger partial charge on any atom is -0.205 e. The number of nitrogens with zero attached hydrogens (tertiary/aromatic N) is 1. The van der Waals surface area contributed by atoms with Crippen LogP contribution in [0.1, 0.15) is 114 Å². The topological polar surface area (TPSA) is 23.8 Å². The van der Waals surface area contributed by atoms with Gasteiger partial charge in [-0.15, -0.1) is 0 Å². The first-order chi connectivity index (χ1) is 15.1. The van der Waals surface area contributed by atoms with Gasteiger partial charge in [0.25, 0.3) is 0 Å². The van der Waals surface area contributed by atoms with Gasteiger partial charge in [0.1, 0.15) is 23.3 Å². The van der Waals surface area contributed by atoms with Gasteiger partial charge in [-0.05, 0) is 106 Å². The highest BCUT2D eigenvalue weighted by atomic mass is 19.1. The molecule has 0 unspecified atom stereocenters. The second-order valence-corrected chi connectivity index (χ2v) is 9.97. The van der Waals surface area contributed by atoms with E-state index in [1.807, 2.05) is 0 Å². The quantitative estimate of drug-likeness (QED) is 0.285. The maximum atomic E-state index is 13.9. The van der Waals surface area contributed by atoms with E-state index in [1.54, 1.807) is 6.07 Å². The maximum Gasteiger partial charge on any atom is 0.144 e. The Balaban J connectivity index is 1.34. The summed E-state index contributed by atoms with van der Waals surface area (Å²) in [5, 5.41) is 8.84. The van der Waals surface area contributed by atoms with E-state index in [4.69, 9.17) is 5.26 Å². The number of hydrogen-bond donors (Lipinski definition) is 0. The zero-order valence-electron chi connectivity index (χ0n) is 19.2. The van der Waals surface area contributed by atoms with Gasteiger partial charge in [-0.1, -0.05) is 44.8 Å². The average molecular weight is 428 g/mol. The van der Waals surface area contributed by atoms with Crippen molar-refractivity contribution in [2.45, 2.75) is 103 Å². The lowest BCUT2D eigenvalue weighted by atomic mass is 9.77. The predicted octanol–water partition coefficient (Wildman–Crippen LogP) is 8.83. The summed E-state index contributed by atoms with van der Waals surface area (Å²) in [5.41, 5.74) is 0.256. The maximum absolute atomic E-state index is 13.9. The molecule has 0 saturated heterocycles. The van der Waals surface area contributed by atoms with Crippen molar-refractivity contribution < 1.29 is 8.78 Å². The van der Waals surface area contributed by atoms with E-state index < -0.39 is 17.2 Å². The van der Waals surface area contributed by atoms with Crippen LogP contribution < -0.4 is 0 Å². The van der Waals surface area contributed by atoms with Gasteiger partial charge in [0.05, 0.1) is 0 Å². The second-order valence-electron chi connectivity index (χ2n) is 9.97. The molecule has 1 nitrogen and oxygen atoms in total. The number of rotatable bonds is 9. The molecular formula is C28H39F2N. The van der Waals surface area contributed by atoms with Crippen LogP contribution in [0, 0.1) is 40.7 Å². The molecule has 0 N–H and O–H groups in total. The summed E-state index contributed by atoms with van der Waals surface area (Å²) in [6, 6.07) is 4.35. The highest BCUT2D eigenvalue weighted by Gasteiger charge is 2.24. The molecule has 2 fully saturated rings. The third-order valence-corrected chi connectivity index (χ3v) is 7.75. The predicted molar refractivity (Wildman–Crippen MR) is 124 cm³/mol. The number of allylic oxidation sites excluding steroid dienone is 2. The number of halogens is 2. The van der Waals surface area contributed by atoms with Crippen molar-refractivity contribution in [3.8, 4) is 6.07 Å². The van der Waals surface area contributed by atoms with Crippen molar-refractivity contribution in [3.05, 3.63) is 47.0 Å². The summed E-state index contributed by atoms with van der Waals surface area (Å²) in [4.78, 5) is 0. The fraction of sp³-hybridized carbons (Fsp3) is 0.679. The lowest BCUT2D eigenvalue weighted by molar-refractivity contribution is 0.288.